The third-order valence-electron chi connectivity index (χ3n) is 4.13. The van der Waals surface area contributed by atoms with Gasteiger partial charge in [-0.25, -0.2) is 4.79 Å². The summed E-state index contributed by atoms with van der Waals surface area (Å²) in [6.45, 7) is 2.17. The molecular weight excluding hydrogens is 330 g/mol. The lowest BCUT2D eigenvalue weighted by Gasteiger charge is -2.06. The van der Waals surface area contributed by atoms with Crippen LogP contribution in [0, 0.1) is 0 Å². The van der Waals surface area contributed by atoms with E-state index in [1.807, 2.05) is 12.1 Å². The van der Waals surface area contributed by atoms with Gasteiger partial charge in [0, 0.05) is 11.3 Å². The van der Waals surface area contributed by atoms with E-state index in [1.165, 1.54) is 43.5 Å². The van der Waals surface area contributed by atoms with Crippen LogP contribution in [-0.2, 0) is 11.2 Å². The number of amides is 1. The van der Waals surface area contributed by atoms with Gasteiger partial charge in [-0.05, 0) is 42.7 Å². The maximum atomic E-state index is 12.2. The van der Waals surface area contributed by atoms with Crippen LogP contribution in [0.4, 0.5) is 5.69 Å². The van der Waals surface area contributed by atoms with Crippen LogP contribution in [0.5, 0.6) is 0 Å². The lowest BCUT2D eigenvalue weighted by Crippen LogP contribution is -2.22. The zero-order valence-electron chi connectivity index (χ0n) is 14.8. The molecule has 0 saturated carbocycles. The van der Waals surface area contributed by atoms with Gasteiger partial charge in [-0.15, -0.1) is 0 Å². The quantitative estimate of drug-likeness (QED) is 0.399. The number of carboxylic acids is 1. The first-order valence-electron chi connectivity index (χ1n) is 8.79. The Balaban J connectivity index is 1.92. The Hall–Kier alpha value is -2.95. The molecule has 2 aromatic carbocycles. The molecule has 2 aromatic rings. The highest BCUT2D eigenvalue weighted by Gasteiger charge is 2.16. The first-order chi connectivity index (χ1) is 12.5. The van der Waals surface area contributed by atoms with Crippen LogP contribution in [-0.4, -0.2) is 22.8 Å². The fourth-order valence-electron chi connectivity index (χ4n) is 2.59. The molecule has 0 unspecified atom stereocenters. The van der Waals surface area contributed by atoms with E-state index in [-0.39, 0.29) is 5.56 Å². The number of carboxylic acid groups (broad SMARTS) is 1. The SMILES string of the molecule is CCCCCCc1ccc(C(=O)C(=O)Nc2ccc(C(=O)O)cc2)cc1. The van der Waals surface area contributed by atoms with E-state index in [9.17, 15) is 14.4 Å². The molecule has 0 spiro atoms. The number of carbonyl (C=O) groups is 3. The molecule has 0 aliphatic carbocycles. The lowest BCUT2D eigenvalue weighted by molar-refractivity contribution is -0.112. The fourth-order valence-corrected chi connectivity index (χ4v) is 2.59. The van der Waals surface area contributed by atoms with E-state index in [2.05, 4.69) is 12.2 Å². The molecule has 0 radical (unpaired) electrons. The van der Waals surface area contributed by atoms with Gasteiger partial charge in [-0.3, -0.25) is 9.59 Å². The Morgan fingerprint density at radius 1 is 0.846 bits per heavy atom. The number of benzene rings is 2. The van der Waals surface area contributed by atoms with Gasteiger partial charge in [-0.1, -0.05) is 50.5 Å². The largest absolute Gasteiger partial charge is 0.478 e. The Bertz CT molecular complexity index is 764. The normalized spacial score (nSPS) is 10.3. The number of rotatable bonds is 9. The Morgan fingerprint density at radius 2 is 1.46 bits per heavy atom. The number of anilines is 1. The first kappa shape index (κ1) is 19.4. The van der Waals surface area contributed by atoms with E-state index in [0.29, 0.717) is 11.3 Å². The molecule has 5 heteroatoms. The fraction of sp³-hybridized carbons (Fsp3) is 0.286. The molecule has 0 aliphatic rings. The topological polar surface area (TPSA) is 83.5 Å². The summed E-state index contributed by atoms with van der Waals surface area (Å²) in [5.41, 5.74) is 1.98. The van der Waals surface area contributed by atoms with Crippen molar-refractivity contribution < 1.29 is 19.5 Å². The second-order valence-electron chi connectivity index (χ2n) is 6.17. The summed E-state index contributed by atoms with van der Waals surface area (Å²) >= 11 is 0. The minimum absolute atomic E-state index is 0.115. The van der Waals surface area contributed by atoms with Crippen LogP contribution >= 0.6 is 0 Å². The number of hydrogen-bond acceptors (Lipinski definition) is 3. The van der Waals surface area contributed by atoms with Gasteiger partial charge in [-0.2, -0.15) is 0 Å². The van der Waals surface area contributed by atoms with Gasteiger partial charge in [0.15, 0.2) is 0 Å². The molecule has 0 aliphatic heterocycles. The van der Waals surface area contributed by atoms with E-state index < -0.39 is 17.7 Å². The van der Waals surface area contributed by atoms with E-state index in [0.717, 1.165) is 18.4 Å². The van der Waals surface area contributed by atoms with Crippen LogP contribution in [0.2, 0.25) is 0 Å². The average molecular weight is 353 g/mol. The monoisotopic (exact) mass is 353 g/mol. The zero-order chi connectivity index (χ0) is 18.9. The minimum Gasteiger partial charge on any atom is -0.478 e. The summed E-state index contributed by atoms with van der Waals surface area (Å²) in [5, 5.41) is 11.3. The summed E-state index contributed by atoms with van der Waals surface area (Å²) in [6.07, 6.45) is 5.70. The predicted molar refractivity (Wildman–Crippen MR) is 101 cm³/mol. The van der Waals surface area contributed by atoms with Gasteiger partial charge in [0.25, 0.3) is 11.7 Å². The van der Waals surface area contributed by atoms with Crippen molar-refractivity contribution in [3.05, 3.63) is 65.2 Å². The highest BCUT2D eigenvalue weighted by atomic mass is 16.4. The van der Waals surface area contributed by atoms with Crippen molar-refractivity contribution >= 4 is 23.3 Å². The smallest absolute Gasteiger partial charge is 0.335 e. The van der Waals surface area contributed by atoms with Crippen LogP contribution in [0.15, 0.2) is 48.5 Å². The van der Waals surface area contributed by atoms with Crippen LogP contribution in [0.1, 0.15) is 58.9 Å². The molecule has 0 aromatic heterocycles. The molecule has 2 N–H and O–H groups in total. The molecule has 0 bridgehead atoms. The van der Waals surface area contributed by atoms with Crippen molar-refractivity contribution in [2.24, 2.45) is 0 Å². The van der Waals surface area contributed by atoms with Gasteiger partial charge >= 0.3 is 5.97 Å². The number of Topliss-reactive ketones (excluding diaryl/α,β-unsaturated/α-hetero) is 1. The van der Waals surface area contributed by atoms with Crippen molar-refractivity contribution in [1.82, 2.24) is 0 Å². The molecule has 1 amide bonds. The molecule has 136 valence electrons. The molecular formula is C21H23NO4. The van der Waals surface area contributed by atoms with Crippen molar-refractivity contribution in [3.63, 3.8) is 0 Å². The Labute approximate surface area is 153 Å². The second-order valence-corrected chi connectivity index (χ2v) is 6.17. The number of aromatic carboxylic acids is 1. The van der Waals surface area contributed by atoms with Crippen molar-refractivity contribution in [3.8, 4) is 0 Å². The van der Waals surface area contributed by atoms with Crippen molar-refractivity contribution in [1.29, 1.82) is 0 Å². The number of ketones is 1. The lowest BCUT2D eigenvalue weighted by atomic mass is 10.0. The number of nitrogens with one attached hydrogen (secondary N) is 1. The zero-order valence-corrected chi connectivity index (χ0v) is 14.8. The first-order valence-corrected chi connectivity index (χ1v) is 8.79. The summed E-state index contributed by atoms with van der Waals surface area (Å²) in [6, 6.07) is 12.8. The van der Waals surface area contributed by atoms with E-state index in [4.69, 9.17) is 5.11 Å². The van der Waals surface area contributed by atoms with E-state index >= 15 is 0 Å². The van der Waals surface area contributed by atoms with Crippen LogP contribution in [0.3, 0.4) is 0 Å². The number of aryl methyl sites for hydroxylation is 1. The van der Waals surface area contributed by atoms with E-state index in [1.54, 1.807) is 12.1 Å². The predicted octanol–water partition coefficient (Wildman–Crippen LogP) is 4.33. The summed E-state index contributed by atoms with van der Waals surface area (Å²) in [5.74, 6) is -2.41. The van der Waals surface area contributed by atoms with Gasteiger partial charge in [0.05, 0.1) is 5.56 Å². The second kappa shape index (κ2) is 9.51. The Kier molecular flexibility index (Phi) is 7.09. The van der Waals surface area contributed by atoms with Crippen LogP contribution < -0.4 is 5.32 Å². The summed E-state index contributed by atoms with van der Waals surface area (Å²) in [7, 11) is 0. The van der Waals surface area contributed by atoms with Crippen molar-refractivity contribution in [2.45, 2.75) is 39.0 Å². The summed E-state index contributed by atoms with van der Waals surface area (Å²) in [4.78, 5) is 35.1. The maximum absolute atomic E-state index is 12.2. The minimum atomic E-state index is -1.05. The third-order valence-corrected chi connectivity index (χ3v) is 4.13. The Morgan fingerprint density at radius 3 is 2.04 bits per heavy atom. The van der Waals surface area contributed by atoms with Gasteiger partial charge in [0.2, 0.25) is 0 Å². The van der Waals surface area contributed by atoms with Crippen molar-refractivity contribution in [2.75, 3.05) is 5.32 Å². The van der Waals surface area contributed by atoms with Gasteiger partial charge < -0.3 is 10.4 Å². The standard InChI is InChI=1S/C21H23NO4/c1-2-3-4-5-6-15-7-9-16(10-8-15)19(23)20(24)22-18-13-11-17(12-14-18)21(25)26/h7-14H,2-6H2,1H3,(H,22,24)(H,25,26). The third kappa shape index (κ3) is 5.55. The molecule has 5 nitrogen and oxygen atoms in total. The van der Waals surface area contributed by atoms with Crippen LogP contribution in [0.25, 0.3) is 0 Å². The molecule has 0 saturated heterocycles. The highest BCUT2D eigenvalue weighted by Crippen LogP contribution is 2.13. The number of hydrogen-bond donors (Lipinski definition) is 2. The number of unbranched alkanes of at least 4 members (excludes halogenated alkanes) is 3. The molecule has 0 atom stereocenters. The molecule has 0 fully saturated rings. The highest BCUT2D eigenvalue weighted by molar-refractivity contribution is 6.46. The maximum Gasteiger partial charge on any atom is 0.335 e. The van der Waals surface area contributed by atoms with Gasteiger partial charge in [0.1, 0.15) is 0 Å². The summed E-state index contributed by atoms with van der Waals surface area (Å²) < 4.78 is 0. The molecule has 26 heavy (non-hydrogen) atoms. The average Bonchev–Trinajstić information content (AvgIpc) is 2.65. The number of carbonyl (C=O) groups excluding carboxylic acids is 2. The molecule has 2 rings (SSSR count). The molecule has 0 heterocycles.